The molecule has 2 aromatic heterocycles. The number of aliphatic hydroxyl groups is 1. The summed E-state index contributed by atoms with van der Waals surface area (Å²) < 4.78 is 7.29. The SMILES string of the molecule is Cc1ccc(C(O)CN2CCN(c3ccc4c(=O)n(CC5CC5)cnc4c3)CC2)o1. The van der Waals surface area contributed by atoms with Crippen LogP contribution in [0.1, 0.15) is 30.5 Å². The van der Waals surface area contributed by atoms with Gasteiger partial charge in [-0.1, -0.05) is 0 Å². The van der Waals surface area contributed by atoms with E-state index in [9.17, 15) is 9.90 Å². The molecule has 7 heteroatoms. The zero-order valence-corrected chi connectivity index (χ0v) is 17.3. The Morgan fingerprint density at radius 1 is 1.17 bits per heavy atom. The number of fused-ring (bicyclic) bond motifs is 1. The van der Waals surface area contributed by atoms with E-state index in [2.05, 4.69) is 14.8 Å². The Bertz CT molecular complexity index is 1090. The third kappa shape index (κ3) is 4.00. The van der Waals surface area contributed by atoms with Gasteiger partial charge in [-0.3, -0.25) is 14.3 Å². The van der Waals surface area contributed by atoms with Gasteiger partial charge in [0.1, 0.15) is 17.6 Å². The van der Waals surface area contributed by atoms with Gasteiger partial charge in [0, 0.05) is 45.0 Å². The van der Waals surface area contributed by atoms with Crippen LogP contribution in [0.4, 0.5) is 5.69 Å². The number of aliphatic hydroxyl groups excluding tert-OH is 1. The van der Waals surface area contributed by atoms with Crippen LogP contribution in [-0.4, -0.2) is 52.3 Å². The van der Waals surface area contributed by atoms with Crippen molar-refractivity contribution < 1.29 is 9.52 Å². The van der Waals surface area contributed by atoms with Gasteiger partial charge < -0.3 is 14.4 Å². The monoisotopic (exact) mass is 408 g/mol. The minimum Gasteiger partial charge on any atom is -0.464 e. The molecule has 7 nitrogen and oxygen atoms in total. The molecule has 1 aromatic carbocycles. The fourth-order valence-electron chi connectivity index (χ4n) is 4.21. The lowest BCUT2D eigenvalue weighted by atomic mass is 10.1. The van der Waals surface area contributed by atoms with Crippen molar-refractivity contribution in [2.24, 2.45) is 5.92 Å². The van der Waals surface area contributed by atoms with Crippen molar-refractivity contribution in [1.29, 1.82) is 0 Å². The minimum absolute atomic E-state index is 0.0606. The predicted octanol–water partition coefficient (Wildman–Crippen LogP) is 2.56. The van der Waals surface area contributed by atoms with Crippen molar-refractivity contribution in [3.8, 4) is 0 Å². The zero-order chi connectivity index (χ0) is 20.7. The zero-order valence-electron chi connectivity index (χ0n) is 17.3. The summed E-state index contributed by atoms with van der Waals surface area (Å²) in [6, 6.07) is 9.69. The molecule has 1 N–H and O–H groups in total. The molecule has 158 valence electrons. The molecule has 30 heavy (non-hydrogen) atoms. The highest BCUT2D eigenvalue weighted by atomic mass is 16.4. The first-order valence-electron chi connectivity index (χ1n) is 10.8. The van der Waals surface area contributed by atoms with Gasteiger partial charge in [-0.05, 0) is 56.0 Å². The van der Waals surface area contributed by atoms with E-state index in [0.717, 1.165) is 49.7 Å². The molecule has 1 saturated heterocycles. The number of aryl methyl sites for hydroxylation is 1. The number of aromatic nitrogens is 2. The summed E-state index contributed by atoms with van der Waals surface area (Å²) in [5.41, 5.74) is 1.91. The highest BCUT2D eigenvalue weighted by Gasteiger charge is 2.24. The molecule has 1 aliphatic heterocycles. The summed E-state index contributed by atoms with van der Waals surface area (Å²) in [7, 11) is 0. The van der Waals surface area contributed by atoms with Crippen LogP contribution in [0.25, 0.3) is 10.9 Å². The summed E-state index contributed by atoms with van der Waals surface area (Å²) in [6.07, 6.45) is 3.52. The maximum Gasteiger partial charge on any atom is 0.261 e. The predicted molar refractivity (Wildman–Crippen MR) is 116 cm³/mol. The molecule has 0 spiro atoms. The smallest absolute Gasteiger partial charge is 0.261 e. The van der Waals surface area contributed by atoms with E-state index >= 15 is 0 Å². The van der Waals surface area contributed by atoms with Gasteiger partial charge in [-0.25, -0.2) is 4.98 Å². The second-order valence-corrected chi connectivity index (χ2v) is 8.60. The lowest BCUT2D eigenvalue weighted by molar-refractivity contribution is 0.0908. The van der Waals surface area contributed by atoms with Crippen molar-refractivity contribution in [2.75, 3.05) is 37.6 Å². The number of β-amino-alcohol motifs (C(OH)–C–C–N with tert-alkyl or cyclic N) is 1. The van der Waals surface area contributed by atoms with Crippen LogP contribution in [0.2, 0.25) is 0 Å². The molecule has 3 aromatic rings. The number of furan rings is 1. The lowest BCUT2D eigenvalue weighted by Gasteiger charge is -2.36. The van der Waals surface area contributed by atoms with E-state index in [-0.39, 0.29) is 5.56 Å². The number of nitrogens with zero attached hydrogens (tertiary/aromatic N) is 4. The first kappa shape index (κ1) is 19.3. The van der Waals surface area contributed by atoms with Gasteiger partial charge in [0.25, 0.3) is 5.56 Å². The Labute approximate surface area is 175 Å². The summed E-state index contributed by atoms with van der Waals surface area (Å²) in [4.78, 5) is 21.8. The van der Waals surface area contributed by atoms with E-state index in [1.54, 1.807) is 10.9 Å². The molecule has 1 unspecified atom stereocenters. The number of anilines is 1. The van der Waals surface area contributed by atoms with Crippen LogP contribution < -0.4 is 10.5 Å². The van der Waals surface area contributed by atoms with E-state index in [1.165, 1.54) is 12.8 Å². The molecule has 2 fully saturated rings. The molecule has 1 saturated carbocycles. The summed E-state index contributed by atoms with van der Waals surface area (Å²) >= 11 is 0. The van der Waals surface area contributed by atoms with Gasteiger partial charge in [-0.2, -0.15) is 0 Å². The fraction of sp³-hybridized carbons (Fsp3) is 0.478. The Kier molecular flexibility index (Phi) is 5.08. The van der Waals surface area contributed by atoms with E-state index in [1.807, 2.05) is 37.3 Å². The number of hydrogen-bond acceptors (Lipinski definition) is 6. The molecule has 1 atom stereocenters. The van der Waals surface area contributed by atoms with Crippen LogP contribution in [0.5, 0.6) is 0 Å². The molecular weight excluding hydrogens is 380 g/mol. The standard InChI is InChI=1S/C23H28N4O3/c1-16-2-7-22(30-16)21(28)14-25-8-10-26(11-9-25)18-5-6-19-20(12-18)24-15-27(23(19)29)13-17-3-4-17/h2,5-7,12,15,17,21,28H,3-4,8-11,13-14H2,1H3. The van der Waals surface area contributed by atoms with Crippen molar-refractivity contribution in [2.45, 2.75) is 32.4 Å². The summed E-state index contributed by atoms with van der Waals surface area (Å²) in [5, 5.41) is 11.1. The second kappa shape index (κ2) is 7.89. The first-order valence-corrected chi connectivity index (χ1v) is 10.8. The van der Waals surface area contributed by atoms with E-state index < -0.39 is 6.10 Å². The molecular formula is C23H28N4O3. The lowest BCUT2D eigenvalue weighted by Crippen LogP contribution is -2.47. The van der Waals surface area contributed by atoms with Crippen molar-refractivity contribution in [3.63, 3.8) is 0 Å². The normalized spacial score (nSPS) is 18.8. The molecule has 1 aliphatic carbocycles. The van der Waals surface area contributed by atoms with Gasteiger partial charge in [0.05, 0.1) is 17.2 Å². The Morgan fingerprint density at radius 3 is 2.67 bits per heavy atom. The summed E-state index contributed by atoms with van der Waals surface area (Å²) in [6.45, 7) is 6.71. The number of hydrogen-bond donors (Lipinski definition) is 1. The largest absolute Gasteiger partial charge is 0.464 e. The molecule has 0 bridgehead atoms. The van der Waals surface area contributed by atoms with Gasteiger partial charge >= 0.3 is 0 Å². The molecule has 0 radical (unpaired) electrons. The first-order chi connectivity index (χ1) is 14.6. The maximum atomic E-state index is 12.7. The third-order valence-corrected chi connectivity index (χ3v) is 6.22. The van der Waals surface area contributed by atoms with Crippen LogP contribution >= 0.6 is 0 Å². The quantitative estimate of drug-likeness (QED) is 0.676. The highest BCUT2D eigenvalue weighted by Crippen LogP contribution is 2.30. The maximum absolute atomic E-state index is 12.7. The van der Waals surface area contributed by atoms with Crippen molar-refractivity contribution >= 4 is 16.6 Å². The Hall–Kier alpha value is -2.64. The molecule has 2 aliphatic rings. The number of benzene rings is 1. The third-order valence-electron chi connectivity index (χ3n) is 6.22. The second-order valence-electron chi connectivity index (χ2n) is 8.60. The van der Waals surface area contributed by atoms with Gasteiger partial charge in [0.2, 0.25) is 0 Å². The minimum atomic E-state index is -0.604. The highest BCUT2D eigenvalue weighted by molar-refractivity contribution is 5.81. The fourth-order valence-corrected chi connectivity index (χ4v) is 4.21. The Morgan fingerprint density at radius 2 is 1.97 bits per heavy atom. The van der Waals surface area contributed by atoms with E-state index in [4.69, 9.17) is 4.42 Å². The molecule has 3 heterocycles. The van der Waals surface area contributed by atoms with Crippen LogP contribution in [0.15, 0.2) is 45.9 Å². The van der Waals surface area contributed by atoms with E-state index in [0.29, 0.717) is 23.6 Å². The summed E-state index contributed by atoms with van der Waals surface area (Å²) in [5.74, 6) is 2.09. The number of piperazine rings is 1. The molecule has 0 amide bonds. The van der Waals surface area contributed by atoms with Gasteiger partial charge in [0.15, 0.2) is 0 Å². The Balaban J connectivity index is 1.23. The number of rotatable bonds is 6. The average Bonchev–Trinajstić information content (AvgIpc) is 3.47. The molecule has 5 rings (SSSR count). The van der Waals surface area contributed by atoms with Gasteiger partial charge in [-0.15, -0.1) is 0 Å². The van der Waals surface area contributed by atoms with Crippen LogP contribution in [-0.2, 0) is 6.54 Å². The topological polar surface area (TPSA) is 74.7 Å². The van der Waals surface area contributed by atoms with Crippen molar-refractivity contribution in [3.05, 3.63) is 58.5 Å². The van der Waals surface area contributed by atoms with Crippen molar-refractivity contribution in [1.82, 2.24) is 14.5 Å². The average molecular weight is 409 g/mol. The van der Waals surface area contributed by atoms with Crippen LogP contribution in [0, 0.1) is 12.8 Å². The van der Waals surface area contributed by atoms with Crippen LogP contribution in [0.3, 0.4) is 0 Å².